The average Bonchev–Trinajstić information content (AvgIpc) is 2.54. The van der Waals surface area contributed by atoms with Crippen molar-refractivity contribution in [2.45, 2.75) is 19.0 Å². The maximum atomic E-state index is 12.4. The number of fused-ring (bicyclic) bond motifs is 1. The molecule has 1 aliphatic heterocycles. The van der Waals surface area contributed by atoms with Gasteiger partial charge >= 0.3 is 0 Å². The lowest BCUT2D eigenvalue weighted by Gasteiger charge is -2.25. The molecule has 0 saturated heterocycles. The highest BCUT2D eigenvalue weighted by Gasteiger charge is 2.23. The van der Waals surface area contributed by atoms with Crippen LogP contribution in [0.1, 0.15) is 11.1 Å². The number of benzene rings is 2. The number of nitrogens with one attached hydrogen (secondary N) is 2. The number of anilines is 1. The first-order chi connectivity index (χ1) is 10.3. The zero-order chi connectivity index (χ0) is 14.7. The van der Waals surface area contributed by atoms with E-state index in [1.165, 1.54) is 11.1 Å². The molecule has 3 rings (SSSR count). The van der Waals surface area contributed by atoms with E-state index in [9.17, 15) is 4.79 Å². The van der Waals surface area contributed by atoms with Gasteiger partial charge in [-0.2, -0.15) is 0 Å². The number of methoxy groups -OCH3 is 1. The zero-order valence-electron chi connectivity index (χ0n) is 11.9. The predicted molar refractivity (Wildman–Crippen MR) is 82.4 cm³/mol. The molecule has 0 bridgehead atoms. The maximum absolute atomic E-state index is 12.4. The van der Waals surface area contributed by atoms with E-state index >= 15 is 0 Å². The van der Waals surface area contributed by atoms with Gasteiger partial charge in [0, 0.05) is 18.3 Å². The molecule has 4 nitrogen and oxygen atoms in total. The third-order valence-corrected chi connectivity index (χ3v) is 3.74. The highest BCUT2D eigenvalue weighted by molar-refractivity contribution is 5.95. The van der Waals surface area contributed by atoms with Gasteiger partial charge in [0.15, 0.2) is 0 Å². The van der Waals surface area contributed by atoms with Gasteiger partial charge in [0.2, 0.25) is 5.91 Å². The number of carbonyl (C=O) groups is 1. The number of ether oxygens (including phenoxy) is 1. The van der Waals surface area contributed by atoms with Crippen LogP contribution in [-0.2, 0) is 17.8 Å². The molecule has 0 saturated carbocycles. The van der Waals surface area contributed by atoms with Crippen LogP contribution in [0.15, 0.2) is 48.5 Å². The lowest BCUT2D eigenvalue weighted by molar-refractivity contribution is -0.118. The number of amides is 1. The van der Waals surface area contributed by atoms with Crippen LogP contribution in [0.4, 0.5) is 5.69 Å². The van der Waals surface area contributed by atoms with Crippen LogP contribution in [0.5, 0.6) is 5.75 Å². The first-order valence-electron chi connectivity index (χ1n) is 7.01. The predicted octanol–water partition coefficient (Wildman–Crippen LogP) is 2.35. The molecule has 0 radical (unpaired) electrons. The minimum atomic E-state index is -0.203. The standard InChI is InChI=1S/C17H18N2O2/c1-21-15-8-4-7-14(10-15)19-17(20)16-9-12-5-2-3-6-13(12)11-18-16/h2-8,10,16,18H,9,11H2,1H3,(H,19,20)/t16-/m1/s1. The summed E-state index contributed by atoms with van der Waals surface area (Å²) in [5, 5.41) is 6.22. The molecule has 108 valence electrons. The SMILES string of the molecule is COc1cccc(NC(=O)[C@H]2Cc3ccccc3CN2)c1. The second-order valence-corrected chi connectivity index (χ2v) is 5.13. The van der Waals surface area contributed by atoms with Gasteiger partial charge in [0.25, 0.3) is 0 Å². The monoisotopic (exact) mass is 282 g/mol. The molecule has 4 heteroatoms. The second-order valence-electron chi connectivity index (χ2n) is 5.13. The Morgan fingerprint density at radius 3 is 2.81 bits per heavy atom. The Kier molecular flexibility index (Phi) is 3.88. The van der Waals surface area contributed by atoms with Gasteiger partial charge in [-0.25, -0.2) is 0 Å². The highest BCUT2D eigenvalue weighted by Crippen LogP contribution is 2.19. The van der Waals surface area contributed by atoms with Gasteiger partial charge in [-0.05, 0) is 29.7 Å². The molecule has 21 heavy (non-hydrogen) atoms. The lowest BCUT2D eigenvalue weighted by Crippen LogP contribution is -2.44. The Bertz CT molecular complexity index is 655. The van der Waals surface area contributed by atoms with E-state index in [2.05, 4.69) is 22.8 Å². The summed E-state index contributed by atoms with van der Waals surface area (Å²) in [4.78, 5) is 12.4. The average molecular weight is 282 g/mol. The molecule has 0 fully saturated rings. The van der Waals surface area contributed by atoms with Gasteiger partial charge in [-0.15, -0.1) is 0 Å². The van der Waals surface area contributed by atoms with Gasteiger partial charge in [-0.3, -0.25) is 4.79 Å². The van der Waals surface area contributed by atoms with Crippen LogP contribution in [-0.4, -0.2) is 19.1 Å². The van der Waals surface area contributed by atoms with E-state index in [1.807, 2.05) is 36.4 Å². The van der Waals surface area contributed by atoms with Gasteiger partial charge < -0.3 is 15.4 Å². The van der Waals surface area contributed by atoms with Crippen LogP contribution < -0.4 is 15.4 Å². The summed E-state index contributed by atoms with van der Waals surface area (Å²) in [6, 6.07) is 15.4. The van der Waals surface area contributed by atoms with Crippen LogP contribution in [0.3, 0.4) is 0 Å². The van der Waals surface area contributed by atoms with Crippen molar-refractivity contribution in [3.05, 3.63) is 59.7 Å². The lowest BCUT2D eigenvalue weighted by atomic mass is 9.95. The second kappa shape index (κ2) is 5.97. The zero-order valence-corrected chi connectivity index (χ0v) is 11.9. The number of carbonyl (C=O) groups excluding carboxylic acids is 1. The van der Waals surface area contributed by atoms with Crippen molar-refractivity contribution in [2.24, 2.45) is 0 Å². The molecule has 0 spiro atoms. The Morgan fingerprint density at radius 1 is 1.19 bits per heavy atom. The maximum Gasteiger partial charge on any atom is 0.241 e. The largest absolute Gasteiger partial charge is 0.497 e. The summed E-state index contributed by atoms with van der Waals surface area (Å²) in [5.41, 5.74) is 3.25. The minimum Gasteiger partial charge on any atom is -0.497 e. The third kappa shape index (κ3) is 3.06. The van der Waals surface area contributed by atoms with E-state index in [0.717, 1.165) is 18.0 Å². The molecule has 1 heterocycles. The third-order valence-electron chi connectivity index (χ3n) is 3.74. The fourth-order valence-corrected chi connectivity index (χ4v) is 2.57. The highest BCUT2D eigenvalue weighted by atomic mass is 16.5. The molecule has 2 aromatic rings. The molecule has 1 aliphatic rings. The summed E-state index contributed by atoms with van der Waals surface area (Å²) < 4.78 is 5.16. The first kappa shape index (κ1) is 13.6. The number of hydrogen-bond acceptors (Lipinski definition) is 3. The van der Waals surface area contributed by atoms with Crippen molar-refractivity contribution in [1.29, 1.82) is 0 Å². The van der Waals surface area contributed by atoms with Gasteiger partial charge in [0.05, 0.1) is 13.2 Å². The molecular formula is C17H18N2O2. The number of rotatable bonds is 3. The molecular weight excluding hydrogens is 264 g/mol. The minimum absolute atomic E-state index is 0.0160. The normalized spacial score (nSPS) is 16.9. The van der Waals surface area contributed by atoms with Crippen LogP contribution >= 0.6 is 0 Å². The summed E-state index contributed by atoms with van der Waals surface area (Å²) in [6.07, 6.45) is 0.714. The van der Waals surface area contributed by atoms with E-state index in [-0.39, 0.29) is 11.9 Å². The molecule has 2 aromatic carbocycles. The molecule has 0 aromatic heterocycles. The molecule has 0 unspecified atom stereocenters. The van der Waals surface area contributed by atoms with E-state index in [1.54, 1.807) is 7.11 Å². The Balaban J connectivity index is 1.69. The smallest absolute Gasteiger partial charge is 0.241 e. The van der Waals surface area contributed by atoms with Crippen molar-refractivity contribution in [2.75, 3.05) is 12.4 Å². The van der Waals surface area contributed by atoms with Gasteiger partial charge in [0.1, 0.15) is 5.75 Å². The van der Waals surface area contributed by atoms with Crippen LogP contribution in [0, 0.1) is 0 Å². The molecule has 1 atom stereocenters. The molecule has 0 aliphatic carbocycles. The molecule has 2 N–H and O–H groups in total. The fourth-order valence-electron chi connectivity index (χ4n) is 2.57. The summed E-state index contributed by atoms with van der Waals surface area (Å²) in [5.74, 6) is 0.715. The van der Waals surface area contributed by atoms with Crippen LogP contribution in [0.25, 0.3) is 0 Å². The van der Waals surface area contributed by atoms with Crippen LogP contribution in [0.2, 0.25) is 0 Å². The summed E-state index contributed by atoms with van der Waals surface area (Å²) >= 11 is 0. The summed E-state index contributed by atoms with van der Waals surface area (Å²) in [7, 11) is 1.61. The van der Waals surface area contributed by atoms with Crippen molar-refractivity contribution in [3.63, 3.8) is 0 Å². The molecule has 1 amide bonds. The quantitative estimate of drug-likeness (QED) is 0.908. The van der Waals surface area contributed by atoms with Crippen molar-refractivity contribution >= 4 is 11.6 Å². The Morgan fingerprint density at radius 2 is 2.00 bits per heavy atom. The van der Waals surface area contributed by atoms with Crippen molar-refractivity contribution < 1.29 is 9.53 Å². The summed E-state index contributed by atoms with van der Waals surface area (Å²) in [6.45, 7) is 0.729. The van der Waals surface area contributed by atoms with E-state index in [0.29, 0.717) is 6.42 Å². The topological polar surface area (TPSA) is 50.4 Å². The Hall–Kier alpha value is -2.33. The van der Waals surface area contributed by atoms with Crippen molar-refractivity contribution in [1.82, 2.24) is 5.32 Å². The first-order valence-corrected chi connectivity index (χ1v) is 7.01. The number of hydrogen-bond donors (Lipinski definition) is 2. The fraction of sp³-hybridized carbons (Fsp3) is 0.235. The van der Waals surface area contributed by atoms with E-state index in [4.69, 9.17) is 4.74 Å². The Labute approximate surface area is 124 Å². The van der Waals surface area contributed by atoms with Crippen molar-refractivity contribution in [3.8, 4) is 5.75 Å². The van der Waals surface area contributed by atoms with E-state index < -0.39 is 0 Å². The van der Waals surface area contributed by atoms with Gasteiger partial charge in [-0.1, -0.05) is 30.3 Å².